The van der Waals surface area contributed by atoms with Crippen LogP contribution in [0.2, 0.25) is 0 Å². The Hall–Kier alpha value is -0.770. The molecule has 0 aromatic carbocycles. The van der Waals surface area contributed by atoms with Crippen molar-refractivity contribution in [3.8, 4) is 0 Å². The lowest BCUT2D eigenvalue weighted by atomic mass is 10.1. The first-order chi connectivity index (χ1) is 5.92. The van der Waals surface area contributed by atoms with Crippen molar-refractivity contribution in [2.45, 2.75) is 18.1 Å². The Bertz CT molecular complexity index is 278. The average molecular weight is 183 g/mol. The number of nitrogens with zero attached hydrogens (tertiary/aromatic N) is 1. The molecule has 0 saturated carbocycles. The molecule has 0 bridgehead atoms. The summed E-state index contributed by atoms with van der Waals surface area (Å²) in [5.74, 6) is 1.91. The molecule has 12 heavy (non-hydrogen) atoms. The summed E-state index contributed by atoms with van der Waals surface area (Å²) in [6, 6.07) is 0. The van der Waals surface area contributed by atoms with Gasteiger partial charge in [-0.2, -0.15) is 11.8 Å². The fourth-order valence-corrected chi connectivity index (χ4v) is 2.66. The van der Waals surface area contributed by atoms with Gasteiger partial charge in [0, 0.05) is 0 Å². The molecule has 0 aliphatic carbocycles. The predicted molar refractivity (Wildman–Crippen MR) is 46.3 cm³/mol. The van der Waals surface area contributed by atoms with Crippen molar-refractivity contribution >= 4 is 18.0 Å². The standard InChI is InChI=1S/C8H9NO2S/c10-5-6-4-9-11-8(6)7-2-1-3-12-7/h4-5,7H,1-3H2. The molecule has 2 rings (SSSR count). The van der Waals surface area contributed by atoms with E-state index in [1.54, 1.807) is 0 Å². The summed E-state index contributed by atoms with van der Waals surface area (Å²) >= 11 is 1.84. The van der Waals surface area contributed by atoms with Gasteiger partial charge in [-0.15, -0.1) is 0 Å². The van der Waals surface area contributed by atoms with Crippen LogP contribution in [0.25, 0.3) is 0 Å². The van der Waals surface area contributed by atoms with Crippen molar-refractivity contribution in [1.82, 2.24) is 5.16 Å². The van der Waals surface area contributed by atoms with Gasteiger partial charge in [-0.1, -0.05) is 5.16 Å². The first-order valence-electron chi connectivity index (χ1n) is 3.93. The summed E-state index contributed by atoms with van der Waals surface area (Å²) in [7, 11) is 0. The van der Waals surface area contributed by atoms with E-state index in [1.807, 2.05) is 11.8 Å². The van der Waals surface area contributed by atoms with Crippen LogP contribution >= 0.6 is 11.8 Å². The fraction of sp³-hybridized carbons (Fsp3) is 0.500. The molecule has 0 N–H and O–H groups in total. The van der Waals surface area contributed by atoms with Crippen molar-refractivity contribution in [3.63, 3.8) is 0 Å². The van der Waals surface area contributed by atoms with E-state index in [0.717, 1.165) is 24.2 Å². The summed E-state index contributed by atoms with van der Waals surface area (Å²) < 4.78 is 5.04. The predicted octanol–water partition coefficient (Wildman–Crippen LogP) is 2.06. The lowest BCUT2D eigenvalue weighted by Crippen LogP contribution is -1.90. The summed E-state index contributed by atoms with van der Waals surface area (Å²) in [6.45, 7) is 0. The van der Waals surface area contributed by atoms with Crippen molar-refractivity contribution in [3.05, 3.63) is 17.5 Å². The maximum Gasteiger partial charge on any atom is 0.160 e. The second-order valence-electron chi connectivity index (χ2n) is 2.76. The van der Waals surface area contributed by atoms with Crippen LogP contribution in [-0.4, -0.2) is 17.2 Å². The van der Waals surface area contributed by atoms with Crippen LogP contribution in [0.3, 0.4) is 0 Å². The summed E-state index contributed by atoms with van der Waals surface area (Å²) in [5.41, 5.74) is 0.606. The molecule has 64 valence electrons. The molecule has 1 aliphatic rings. The maximum absolute atomic E-state index is 10.5. The van der Waals surface area contributed by atoms with Gasteiger partial charge in [-0.3, -0.25) is 4.79 Å². The molecule has 4 heteroatoms. The topological polar surface area (TPSA) is 43.1 Å². The maximum atomic E-state index is 10.5. The highest BCUT2D eigenvalue weighted by Crippen LogP contribution is 2.40. The van der Waals surface area contributed by atoms with Crippen LogP contribution in [0.5, 0.6) is 0 Å². The van der Waals surface area contributed by atoms with E-state index in [1.165, 1.54) is 12.6 Å². The minimum atomic E-state index is 0.354. The van der Waals surface area contributed by atoms with E-state index in [4.69, 9.17) is 4.52 Å². The molecule has 1 unspecified atom stereocenters. The van der Waals surface area contributed by atoms with Crippen LogP contribution in [0.1, 0.15) is 34.2 Å². The summed E-state index contributed by atoms with van der Waals surface area (Å²) in [5, 5.41) is 3.97. The Labute approximate surface area is 74.5 Å². The lowest BCUT2D eigenvalue weighted by Gasteiger charge is -2.02. The molecule has 1 atom stereocenters. The van der Waals surface area contributed by atoms with Crippen LogP contribution < -0.4 is 0 Å². The summed E-state index contributed by atoms with van der Waals surface area (Å²) in [6.07, 6.45) is 4.60. The van der Waals surface area contributed by atoms with Crippen LogP contribution in [0, 0.1) is 0 Å². The third kappa shape index (κ3) is 1.27. The average Bonchev–Trinajstić information content (AvgIpc) is 2.74. The number of aromatic nitrogens is 1. The van der Waals surface area contributed by atoms with Gasteiger partial charge in [0.2, 0.25) is 0 Å². The summed E-state index contributed by atoms with van der Waals surface area (Å²) in [4.78, 5) is 10.5. The minimum Gasteiger partial charge on any atom is -0.359 e. The van der Waals surface area contributed by atoms with E-state index >= 15 is 0 Å². The third-order valence-corrected chi connectivity index (χ3v) is 3.35. The van der Waals surface area contributed by atoms with Crippen LogP contribution in [0.15, 0.2) is 10.7 Å². The van der Waals surface area contributed by atoms with Gasteiger partial charge in [-0.25, -0.2) is 0 Å². The number of hydrogen-bond acceptors (Lipinski definition) is 4. The molecular formula is C8H9NO2S. The highest BCUT2D eigenvalue weighted by molar-refractivity contribution is 7.99. The van der Waals surface area contributed by atoms with E-state index in [-0.39, 0.29) is 0 Å². The van der Waals surface area contributed by atoms with Gasteiger partial charge in [-0.05, 0) is 18.6 Å². The van der Waals surface area contributed by atoms with Crippen LogP contribution in [0.4, 0.5) is 0 Å². The van der Waals surface area contributed by atoms with Gasteiger partial charge in [0.25, 0.3) is 0 Å². The molecular weight excluding hydrogens is 174 g/mol. The van der Waals surface area contributed by atoms with Crippen LogP contribution in [-0.2, 0) is 0 Å². The van der Waals surface area contributed by atoms with Gasteiger partial charge in [0.1, 0.15) is 0 Å². The normalized spacial score (nSPS) is 22.8. The highest BCUT2D eigenvalue weighted by Gasteiger charge is 2.24. The second kappa shape index (κ2) is 3.31. The molecule has 3 nitrogen and oxygen atoms in total. The second-order valence-corrected chi connectivity index (χ2v) is 4.08. The Kier molecular flexibility index (Phi) is 2.17. The molecule has 0 spiro atoms. The number of thioether (sulfide) groups is 1. The Morgan fingerprint density at radius 2 is 2.67 bits per heavy atom. The molecule has 0 amide bonds. The zero-order valence-corrected chi connectivity index (χ0v) is 7.34. The van der Waals surface area contributed by atoms with Gasteiger partial charge < -0.3 is 4.52 Å². The zero-order valence-electron chi connectivity index (χ0n) is 6.53. The molecule has 1 aromatic rings. The van der Waals surface area contributed by atoms with Gasteiger partial charge in [0.15, 0.2) is 12.0 Å². The lowest BCUT2D eigenvalue weighted by molar-refractivity contribution is 0.112. The third-order valence-electron chi connectivity index (χ3n) is 1.98. The molecule has 1 fully saturated rings. The molecule has 1 aromatic heterocycles. The molecule has 2 heterocycles. The van der Waals surface area contributed by atoms with Gasteiger partial charge in [0.05, 0.1) is 17.0 Å². The number of hydrogen-bond donors (Lipinski definition) is 0. The number of aldehydes is 1. The van der Waals surface area contributed by atoms with E-state index in [0.29, 0.717) is 10.8 Å². The zero-order chi connectivity index (χ0) is 8.39. The van der Waals surface area contributed by atoms with Crippen molar-refractivity contribution in [2.75, 3.05) is 5.75 Å². The van der Waals surface area contributed by atoms with E-state index in [2.05, 4.69) is 5.16 Å². The number of rotatable bonds is 2. The van der Waals surface area contributed by atoms with Crippen molar-refractivity contribution < 1.29 is 9.32 Å². The fourth-order valence-electron chi connectivity index (χ4n) is 1.37. The highest BCUT2D eigenvalue weighted by atomic mass is 32.2. The van der Waals surface area contributed by atoms with E-state index < -0.39 is 0 Å². The number of carbonyl (C=O) groups is 1. The number of carbonyl (C=O) groups excluding carboxylic acids is 1. The van der Waals surface area contributed by atoms with Crippen molar-refractivity contribution in [1.29, 1.82) is 0 Å². The largest absolute Gasteiger partial charge is 0.359 e. The first kappa shape index (κ1) is 7.86. The Morgan fingerprint density at radius 3 is 3.33 bits per heavy atom. The first-order valence-corrected chi connectivity index (χ1v) is 4.98. The Balaban J connectivity index is 2.25. The molecule has 0 radical (unpaired) electrons. The van der Waals surface area contributed by atoms with Gasteiger partial charge >= 0.3 is 0 Å². The Morgan fingerprint density at radius 1 is 1.75 bits per heavy atom. The van der Waals surface area contributed by atoms with Crippen molar-refractivity contribution in [2.24, 2.45) is 0 Å². The monoisotopic (exact) mass is 183 g/mol. The smallest absolute Gasteiger partial charge is 0.160 e. The SMILES string of the molecule is O=Cc1cnoc1C1CCCS1. The minimum absolute atomic E-state index is 0.354. The quantitative estimate of drug-likeness (QED) is 0.658. The molecule has 1 saturated heterocycles. The van der Waals surface area contributed by atoms with E-state index in [9.17, 15) is 4.79 Å². The molecule has 1 aliphatic heterocycles.